The van der Waals surface area contributed by atoms with Crippen LogP contribution in [0.25, 0.3) is 0 Å². The van der Waals surface area contributed by atoms with Crippen LogP contribution in [-0.4, -0.2) is 46.6 Å². The van der Waals surface area contributed by atoms with Gasteiger partial charge in [0, 0.05) is 25.5 Å². The molecule has 1 aromatic heterocycles. The van der Waals surface area contributed by atoms with E-state index in [0.29, 0.717) is 18.7 Å². The molecule has 1 aromatic rings. The molecule has 1 fully saturated rings. The summed E-state index contributed by atoms with van der Waals surface area (Å²) < 4.78 is 5.22. The molecule has 0 spiro atoms. The number of pyridine rings is 1. The van der Waals surface area contributed by atoms with Gasteiger partial charge in [-0.15, -0.1) is 0 Å². The van der Waals surface area contributed by atoms with E-state index in [0.717, 1.165) is 6.42 Å². The molecule has 1 aliphatic heterocycles. The van der Waals surface area contributed by atoms with Crippen molar-refractivity contribution in [1.29, 1.82) is 0 Å². The summed E-state index contributed by atoms with van der Waals surface area (Å²) >= 11 is 0. The zero-order valence-electron chi connectivity index (χ0n) is 12.6. The SMILES string of the molecule is CC(C)(C)OC(=O)N[C@@H]1CCN(C(=O)c2cccnc2)C1. The van der Waals surface area contributed by atoms with Crippen molar-refractivity contribution in [3.63, 3.8) is 0 Å². The largest absolute Gasteiger partial charge is 0.444 e. The number of aromatic nitrogens is 1. The fourth-order valence-electron chi connectivity index (χ4n) is 2.21. The van der Waals surface area contributed by atoms with E-state index in [2.05, 4.69) is 10.3 Å². The smallest absolute Gasteiger partial charge is 0.407 e. The van der Waals surface area contributed by atoms with E-state index < -0.39 is 11.7 Å². The Labute approximate surface area is 124 Å². The second kappa shape index (κ2) is 6.11. The Morgan fingerprint density at radius 1 is 1.43 bits per heavy atom. The monoisotopic (exact) mass is 291 g/mol. The third-order valence-electron chi connectivity index (χ3n) is 3.10. The number of nitrogens with zero attached hydrogens (tertiary/aromatic N) is 2. The molecule has 21 heavy (non-hydrogen) atoms. The van der Waals surface area contributed by atoms with Gasteiger partial charge in [0.05, 0.1) is 11.6 Å². The van der Waals surface area contributed by atoms with Gasteiger partial charge in [0.1, 0.15) is 5.60 Å². The number of rotatable bonds is 2. The summed E-state index contributed by atoms with van der Waals surface area (Å²) in [5.74, 6) is -0.0587. The number of hydrogen-bond donors (Lipinski definition) is 1. The van der Waals surface area contributed by atoms with Crippen LogP contribution in [0.1, 0.15) is 37.6 Å². The maximum Gasteiger partial charge on any atom is 0.407 e. The lowest BCUT2D eigenvalue weighted by Crippen LogP contribution is -2.41. The Morgan fingerprint density at radius 3 is 2.81 bits per heavy atom. The summed E-state index contributed by atoms with van der Waals surface area (Å²) in [5, 5.41) is 2.80. The van der Waals surface area contributed by atoms with Crippen LogP contribution in [0.15, 0.2) is 24.5 Å². The van der Waals surface area contributed by atoms with Crippen molar-refractivity contribution < 1.29 is 14.3 Å². The van der Waals surface area contributed by atoms with Gasteiger partial charge in [-0.05, 0) is 39.3 Å². The minimum absolute atomic E-state index is 0.0587. The summed E-state index contributed by atoms with van der Waals surface area (Å²) in [5.41, 5.74) is 0.0453. The molecule has 2 heterocycles. The molecule has 2 rings (SSSR count). The lowest BCUT2D eigenvalue weighted by Gasteiger charge is -2.22. The molecule has 1 aliphatic rings. The zero-order valence-corrected chi connectivity index (χ0v) is 12.6. The van der Waals surface area contributed by atoms with Crippen LogP contribution >= 0.6 is 0 Å². The number of nitrogens with one attached hydrogen (secondary N) is 1. The van der Waals surface area contributed by atoms with E-state index in [9.17, 15) is 9.59 Å². The van der Waals surface area contributed by atoms with Gasteiger partial charge < -0.3 is 15.0 Å². The lowest BCUT2D eigenvalue weighted by molar-refractivity contribution is 0.0502. The van der Waals surface area contributed by atoms with Gasteiger partial charge >= 0.3 is 6.09 Å². The predicted molar refractivity (Wildman–Crippen MR) is 77.9 cm³/mol. The molecule has 0 bridgehead atoms. The Morgan fingerprint density at radius 2 is 2.19 bits per heavy atom. The molecule has 0 saturated carbocycles. The van der Waals surface area contributed by atoms with Crippen LogP contribution in [0.4, 0.5) is 4.79 Å². The number of amides is 2. The second-order valence-electron chi connectivity index (χ2n) is 6.12. The molecule has 1 saturated heterocycles. The van der Waals surface area contributed by atoms with Gasteiger partial charge in [0.2, 0.25) is 0 Å². The van der Waals surface area contributed by atoms with Crippen molar-refractivity contribution >= 4 is 12.0 Å². The first kappa shape index (κ1) is 15.3. The maximum atomic E-state index is 12.2. The van der Waals surface area contributed by atoms with Crippen LogP contribution in [0, 0.1) is 0 Å². The molecule has 114 valence electrons. The standard InChI is InChI=1S/C15H21N3O3/c1-15(2,3)21-14(20)17-12-6-8-18(10-12)13(19)11-5-4-7-16-9-11/h4-5,7,9,12H,6,8,10H2,1-3H3,(H,17,20)/t12-/m1/s1. The number of ether oxygens (including phenoxy) is 1. The van der Waals surface area contributed by atoms with Gasteiger partial charge in [-0.3, -0.25) is 9.78 Å². The van der Waals surface area contributed by atoms with Gasteiger partial charge in [0.25, 0.3) is 5.91 Å². The first-order valence-corrected chi connectivity index (χ1v) is 7.04. The molecule has 6 heteroatoms. The van der Waals surface area contributed by atoms with Gasteiger partial charge in [-0.2, -0.15) is 0 Å². The Bertz CT molecular complexity index is 511. The van der Waals surface area contributed by atoms with E-state index >= 15 is 0 Å². The number of hydrogen-bond acceptors (Lipinski definition) is 4. The normalized spacial score (nSPS) is 18.4. The molecular formula is C15H21N3O3. The highest BCUT2D eigenvalue weighted by atomic mass is 16.6. The molecule has 6 nitrogen and oxygen atoms in total. The molecule has 0 radical (unpaired) electrons. The highest BCUT2D eigenvalue weighted by Gasteiger charge is 2.29. The number of carbonyl (C=O) groups excluding carboxylic acids is 2. The van der Waals surface area contributed by atoms with Crippen LogP contribution in [0.2, 0.25) is 0 Å². The molecule has 1 atom stereocenters. The maximum absolute atomic E-state index is 12.2. The van der Waals surface area contributed by atoms with Crippen LogP contribution in [0.3, 0.4) is 0 Å². The molecule has 0 aromatic carbocycles. The second-order valence-corrected chi connectivity index (χ2v) is 6.12. The topological polar surface area (TPSA) is 71.5 Å². The fourth-order valence-corrected chi connectivity index (χ4v) is 2.21. The highest BCUT2D eigenvalue weighted by Crippen LogP contribution is 2.14. The molecule has 2 amide bonds. The van der Waals surface area contributed by atoms with Gasteiger partial charge in [0.15, 0.2) is 0 Å². The predicted octanol–water partition coefficient (Wildman–Crippen LogP) is 1.82. The minimum Gasteiger partial charge on any atom is -0.444 e. The first-order chi connectivity index (χ1) is 9.85. The molecule has 0 aliphatic carbocycles. The van der Waals surface area contributed by atoms with Crippen molar-refractivity contribution in [2.75, 3.05) is 13.1 Å². The minimum atomic E-state index is -0.520. The van der Waals surface area contributed by atoms with Crippen molar-refractivity contribution in [2.24, 2.45) is 0 Å². The third kappa shape index (κ3) is 4.44. The molecular weight excluding hydrogens is 270 g/mol. The zero-order chi connectivity index (χ0) is 15.5. The van der Waals surface area contributed by atoms with E-state index in [4.69, 9.17) is 4.74 Å². The summed E-state index contributed by atoms with van der Waals surface area (Å²) in [6, 6.07) is 3.41. The summed E-state index contributed by atoms with van der Waals surface area (Å²) in [4.78, 5) is 29.6. The first-order valence-electron chi connectivity index (χ1n) is 7.04. The van der Waals surface area contributed by atoms with Crippen molar-refractivity contribution in [3.05, 3.63) is 30.1 Å². The average molecular weight is 291 g/mol. The van der Waals surface area contributed by atoms with Gasteiger partial charge in [-0.1, -0.05) is 0 Å². The van der Waals surface area contributed by atoms with Crippen LogP contribution in [-0.2, 0) is 4.74 Å². The van der Waals surface area contributed by atoms with Crippen LogP contribution < -0.4 is 5.32 Å². The van der Waals surface area contributed by atoms with Gasteiger partial charge in [-0.25, -0.2) is 4.79 Å². The Balaban J connectivity index is 1.86. The van der Waals surface area contributed by atoms with Crippen molar-refractivity contribution in [3.8, 4) is 0 Å². The highest BCUT2D eigenvalue weighted by molar-refractivity contribution is 5.94. The number of likely N-dealkylation sites (tertiary alicyclic amines) is 1. The fraction of sp³-hybridized carbons (Fsp3) is 0.533. The van der Waals surface area contributed by atoms with E-state index in [-0.39, 0.29) is 11.9 Å². The average Bonchev–Trinajstić information content (AvgIpc) is 2.85. The van der Waals surface area contributed by atoms with E-state index in [1.807, 2.05) is 20.8 Å². The quantitative estimate of drug-likeness (QED) is 0.902. The Hall–Kier alpha value is -2.11. The van der Waals surface area contributed by atoms with Crippen molar-refractivity contribution in [2.45, 2.75) is 38.8 Å². The number of alkyl carbamates (subject to hydrolysis) is 1. The van der Waals surface area contributed by atoms with Crippen molar-refractivity contribution in [1.82, 2.24) is 15.2 Å². The number of carbonyl (C=O) groups is 2. The molecule has 0 unspecified atom stereocenters. The van der Waals surface area contributed by atoms with Crippen LogP contribution in [0.5, 0.6) is 0 Å². The Kier molecular flexibility index (Phi) is 4.45. The van der Waals surface area contributed by atoms with E-state index in [1.54, 1.807) is 29.4 Å². The summed E-state index contributed by atoms with van der Waals surface area (Å²) in [7, 11) is 0. The third-order valence-corrected chi connectivity index (χ3v) is 3.10. The summed E-state index contributed by atoms with van der Waals surface area (Å²) in [6.45, 7) is 6.57. The lowest BCUT2D eigenvalue weighted by atomic mass is 10.2. The van der Waals surface area contributed by atoms with E-state index in [1.165, 1.54) is 0 Å². The summed E-state index contributed by atoms with van der Waals surface area (Å²) in [6.07, 6.45) is 3.47. The molecule has 1 N–H and O–H groups in total.